The molecule has 10 aromatic carbocycles. The van der Waals surface area contributed by atoms with Crippen molar-refractivity contribution in [2.24, 2.45) is 0 Å². The Morgan fingerprint density at radius 2 is 0.906 bits per heavy atom. The predicted octanol–water partition coefficient (Wildman–Crippen LogP) is 17.1. The Kier molecular flexibility index (Phi) is 8.34. The van der Waals surface area contributed by atoms with Gasteiger partial charge < -0.3 is 9.32 Å². The molecular weight excluding hydrogens is 795 g/mol. The zero-order valence-corrected chi connectivity index (χ0v) is 35.6. The fourth-order valence-corrected chi connectivity index (χ4v) is 11.8. The Bertz CT molecular complexity index is 3670. The van der Waals surface area contributed by atoms with E-state index in [0.29, 0.717) is 0 Å². The van der Waals surface area contributed by atoms with Crippen molar-refractivity contribution in [2.75, 3.05) is 4.90 Å². The average Bonchev–Trinajstić information content (AvgIpc) is 4.04. The van der Waals surface area contributed by atoms with Gasteiger partial charge in [0.15, 0.2) is 0 Å². The highest BCUT2D eigenvalue weighted by molar-refractivity contribution is 7.25. The van der Waals surface area contributed by atoms with Gasteiger partial charge in [0.25, 0.3) is 0 Å². The van der Waals surface area contributed by atoms with Crippen molar-refractivity contribution in [1.29, 1.82) is 0 Å². The summed E-state index contributed by atoms with van der Waals surface area (Å²) in [6.07, 6.45) is 0. The molecule has 1 aliphatic rings. The lowest BCUT2D eigenvalue weighted by Gasteiger charge is -2.34. The second-order valence-corrected chi connectivity index (χ2v) is 17.8. The molecule has 0 unspecified atom stereocenters. The van der Waals surface area contributed by atoms with E-state index in [1.807, 2.05) is 17.4 Å². The zero-order valence-electron chi connectivity index (χ0n) is 34.8. The lowest BCUT2D eigenvalue weighted by Crippen LogP contribution is -2.28. The van der Waals surface area contributed by atoms with Crippen molar-refractivity contribution in [3.8, 4) is 33.4 Å². The first-order chi connectivity index (χ1) is 31.8. The van der Waals surface area contributed by atoms with Gasteiger partial charge in [-0.05, 0) is 93.0 Å². The normalized spacial score (nSPS) is 12.8. The largest absolute Gasteiger partial charge is 0.455 e. The number of anilines is 3. The molecule has 0 atom stereocenters. The lowest BCUT2D eigenvalue weighted by atomic mass is 9.68. The minimum atomic E-state index is -0.517. The highest BCUT2D eigenvalue weighted by atomic mass is 32.1. The van der Waals surface area contributed by atoms with Crippen LogP contribution < -0.4 is 4.90 Å². The second kappa shape index (κ2) is 14.6. The fourth-order valence-electron chi connectivity index (χ4n) is 10.7. The lowest BCUT2D eigenvalue weighted by molar-refractivity contribution is 0.670. The summed E-state index contributed by atoms with van der Waals surface area (Å²) in [4.78, 5) is 2.46. The third-order valence-electron chi connectivity index (χ3n) is 13.4. The van der Waals surface area contributed by atoms with Crippen LogP contribution in [0.2, 0.25) is 0 Å². The first-order valence-electron chi connectivity index (χ1n) is 21.9. The highest BCUT2D eigenvalue weighted by Gasteiger charge is 2.47. The van der Waals surface area contributed by atoms with Crippen molar-refractivity contribution < 1.29 is 4.42 Å². The van der Waals surface area contributed by atoms with E-state index >= 15 is 0 Å². The summed E-state index contributed by atoms with van der Waals surface area (Å²) in [7, 11) is 0. The summed E-state index contributed by atoms with van der Waals surface area (Å²) in [6.45, 7) is 0. The molecule has 0 saturated heterocycles. The molecule has 3 heteroatoms. The topological polar surface area (TPSA) is 16.4 Å². The standard InChI is InChI=1S/C61H39NOS/c1-3-16-42(17-4-1)61(43-18-5-2-6-19-43)52-26-10-7-21-50(52)59-53(61)27-15-28-54(59)62(44-36-32-40(33-37-44)46-23-14-31-57-58(46)51-22-9-12-30-56(51)64-57)45-38-34-41(35-39-45)47-24-13-25-49-48-20-8-11-29-55(48)63-60(47)49/h1-39H. The summed E-state index contributed by atoms with van der Waals surface area (Å²) in [5, 5.41) is 4.89. The quantitative estimate of drug-likeness (QED) is 0.159. The molecule has 1 aliphatic carbocycles. The van der Waals surface area contributed by atoms with Crippen LogP contribution in [-0.2, 0) is 5.41 Å². The van der Waals surface area contributed by atoms with Gasteiger partial charge in [0.05, 0.1) is 11.1 Å². The fraction of sp³-hybridized carbons (Fsp3) is 0.0164. The summed E-state index contributed by atoms with van der Waals surface area (Å²) < 4.78 is 9.13. The Morgan fingerprint density at radius 1 is 0.375 bits per heavy atom. The van der Waals surface area contributed by atoms with Gasteiger partial charge in [-0.3, -0.25) is 0 Å². The monoisotopic (exact) mass is 833 g/mol. The van der Waals surface area contributed by atoms with Crippen LogP contribution in [0, 0.1) is 0 Å². The van der Waals surface area contributed by atoms with Crippen LogP contribution in [0.4, 0.5) is 17.1 Å². The van der Waals surface area contributed by atoms with E-state index in [2.05, 4.69) is 235 Å². The van der Waals surface area contributed by atoms with Gasteiger partial charge in [-0.2, -0.15) is 0 Å². The van der Waals surface area contributed by atoms with Gasteiger partial charge >= 0.3 is 0 Å². The van der Waals surface area contributed by atoms with Gasteiger partial charge in [-0.1, -0.05) is 188 Å². The first-order valence-corrected chi connectivity index (χ1v) is 22.7. The van der Waals surface area contributed by atoms with Crippen molar-refractivity contribution >= 4 is 70.5 Å². The molecule has 2 aromatic heterocycles. The zero-order chi connectivity index (χ0) is 42.2. The van der Waals surface area contributed by atoms with E-state index in [1.165, 1.54) is 64.7 Å². The Morgan fingerprint density at radius 3 is 1.66 bits per heavy atom. The van der Waals surface area contributed by atoms with E-state index < -0.39 is 5.41 Å². The maximum absolute atomic E-state index is 6.51. The SMILES string of the molecule is c1ccc(C2(c3ccccc3)c3ccccc3-c3c(N(c4ccc(-c5cccc6c5oc5ccccc56)cc4)c4ccc(-c5cccc6sc7ccccc7c56)cc4)cccc32)cc1. The summed E-state index contributed by atoms with van der Waals surface area (Å²) >= 11 is 1.86. The van der Waals surface area contributed by atoms with Crippen molar-refractivity contribution in [3.63, 3.8) is 0 Å². The van der Waals surface area contributed by atoms with Crippen molar-refractivity contribution in [3.05, 3.63) is 259 Å². The molecule has 0 radical (unpaired) electrons. The molecule has 0 fully saturated rings. The molecule has 0 spiro atoms. The highest BCUT2D eigenvalue weighted by Crippen LogP contribution is 2.59. The van der Waals surface area contributed by atoms with Crippen molar-refractivity contribution in [1.82, 2.24) is 0 Å². The smallest absolute Gasteiger partial charge is 0.143 e. The predicted molar refractivity (Wildman–Crippen MR) is 269 cm³/mol. The molecule has 300 valence electrons. The summed E-state index contributed by atoms with van der Waals surface area (Å²) in [5.41, 5.74) is 16.8. The van der Waals surface area contributed by atoms with E-state index in [1.54, 1.807) is 0 Å². The van der Waals surface area contributed by atoms with E-state index in [4.69, 9.17) is 4.42 Å². The van der Waals surface area contributed by atoms with E-state index in [0.717, 1.165) is 50.1 Å². The van der Waals surface area contributed by atoms with Crippen LogP contribution in [0.1, 0.15) is 22.3 Å². The summed E-state index contributed by atoms with van der Waals surface area (Å²) in [5.74, 6) is 0. The van der Waals surface area contributed by atoms with Crippen molar-refractivity contribution in [2.45, 2.75) is 5.41 Å². The van der Waals surface area contributed by atoms with Crippen LogP contribution in [0.5, 0.6) is 0 Å². The number of nitrogens with zero attached hydrogens (tertiary/aromatic N) is 1. The third kappa shape index (κ3) is 5.44. The molecule has 13 rings (SSSR count). The van der Waals surface area contributed by atoms with Crippen LogP contribution in [-0.4, -0.2) is 0 Å². The number of hydrogen-bond acceptors (Lipinski definition) is 3. The third-order valence-corrected chi connectivity index (χ3v) is 14.5. The van der Waals surface area contributed by atoms with E-state index in [-0.39, 0.29) is 0 Å². The van der Waals surface area contributed by atoms with Crippen LogP contribution in [0.3, 0.4) is 0 Å². The van der Waals surface area contributed by atoms with Gasteiger partial charge in [-0.15, -0.1) is 11.3 Å². The van der Waals surface area contributed by atoms with Crippen LogP contribution >= 0.6 is 11.3 Å². The maximum Gasteiger partial charge on any atom is 0.143 e. The minimum absolute atomic E-state index is 0.517. The van der Waals surface area contributed by atoms with Gasteiger partial charge in [0.1, 0.15) is 11.2 Å². The van der Waals surface area contributed by atoms with Gasteiger partial charge in [-0.25, -0.2) is 0 Å². The minimum Gasteiger partial charge on any atom is -0.455 e. The Hall–Kier alpha value is -7.98. The maximum atomic E-state index is 6.51. The molecule has 0 aliphatic heterocycles. The molecule has 0 amide bonds. The molecule has 2 nitrogen and oxygen atoms in total. The molecule has 0 N–H and O–H groups in total. The molecule has 2 heterocycles. The molecular formula is C61H39NOS. The number of para-hydroxylation sites is 2. The van der Waals surface area contributed by atoms with Crippen LogP contribution in [0.15, 0.2) is 241 Å². The summed E-state index contributed by atoms with van der Waals surface area (Å²) in [6, 6.07) is 86.5. The van der Waals surface area contributed by atoms with Gasteiger partial charge in [0, 0.05) is 53.4 Å². The molecule has 0 saturated carbocycles. The number of fused-ring (bicyclic) bond motifs is 9. The number of furan rings is 1. The molecule has 64 heavy (non-hydrogen) atoms. The number of rotatable bonds is 7. The Labute approximate surface area is 375 Å². The van der Waals surface area contributed by atoms with Gasteiger partial charge in [0.2, 0.25) is 0 Å². The molecule has 12 aromatic rings. The van der Waals surface area contributed by atoms with Crippen LogP contribution in [0.25, 0.3) is 75.5 Å². The Balaban J connectivity index is 1.02. The second-order valence-electron chi connectivity index (χ2n) is 16.7. The molecule has 0 bridgehead atoms. The number of benzene rings is 10. The first kappa shape index (κ1) is 36.7. The average molecular weight is 834 g/mol. The number of thiophene rings is 1. The number of hydrogen-bond donors (Lipinski definition) is 0. The van der Waals surface area contributed by atoms with E-state index in [9.17, 15) is 0 Å².